The highest BCUT2D eigenvalue weighted by Gasteiger charge is 2.31. The van der Waals surface area contributed by atoms with Crippen LogP contribution < -0.4 is 5.73 Å². The zero-order valence-electron chi connectivity index (χ0n) is 10.6. The number of imidazole rings is 1. The standard InChI is InChI=1S/C13H15F2N3S/c1-13(3-2-4-19-13)7-18-10-6-8(14)5-9(15)11(10)17-12(18)16/h5-6H,2-4,7H2,1H3,(H2,16,17). The van der Waals surface area contributed by atoms with Crippen LogP contribution in [0.15, 0.2) is 12.1 Å². The molecule has 0 bridgehead atoms. The maximum atomic E-state index is 13.7. The van der Waals surface area contributed by atoms with Crippen molar-refractivity contribution in [2.45, 2.75) is 31.1 Å². The van der Waals surface area contributed by atoms with E-state index in [4.69, 9.17) is 5.73 Å². The average Bonchev–Trinajstić information content (AvgIpc) is 2.87. The molecule has 2 aromatic rings. The van der Waals surface area contributed by atoms with Crippen molar-refractivity contribution in [3.63, 3.8) is 0 Å². The van der Waals surface area contributed by atoms with Gasteiger partial charge in [0, 0.05) is 23.4 Å². The number of nitrogens with zero attached hydrogens (tertiary/aromatic N) is 2. The fraction of sp³-hybridized carbons (Fsp3) is 0.462. The maximum Gasteiger partial charge on any atom is 0.201 e. The van der Waals surface area contributed by atoms with E-state index in [1.807, 2.05) is 11.8 Å². The smallest absolute Gasteiger partial charge is 0.201 e. The predicted octanol–water partition coefficient (Wildman–Crippen LogP) is 3.18. The molecule has 1 aliphatic heterocycles. The Morgan fingerprint density at radius 2 is 2.26 bits per heavy atom. The van der Waals surface area contributed by atoms with Crippen molar-refractivity contribution in [3.8, 4) is 0 Å². The Balaban J connectivity index is 2.10. The van der Waals surface area contributed by atoms with Crippen LogP contribution in [0.4, 0.5) is 14.7 Å². The number of fused-ring (bicyclic) bond motifs is 1. The topological polar surface area (TPSA) is 43.8 Å². The van der Waals surface area contributed by atoms with Gasteiger partial charge in [0.1, 0.15) is 11.3 Å². The first-order valence-corrected chi connectivity index (χ1v) is 7.22. The van der Waals surface area contributed by atoms with Crippen molar-refractivity contribution in [3.05, 3.63) is 23.8 Å². The molecule has 2 N–H and O–H groups in total. The van der Waals surface area contributed by atoms with Crippen LogP contribution in [0.2, 0.25) is 0 Å². The normalized spacial score (nSPS) is 23.3. The molecule has 3 rings (SSSR count). The summed E-state index contributed by atoms with van der Waals surface area (Å²) in [6, 6.07) is 2.13. The number of anilines is 1. The largest absolute Gasteiger partial charge is 0.369 e. The second-order valence-corrected chi connectivity index (χ2v) is 6.90. The summed E-state index contributed by atoms with van der Waals surface area (Å²) in [6.07, 6.45) is 2.24. The minimum Gasteiger partial charge on any atom is -0.369 e. The Morgan fingerprint density at radius 1 is 1.47 bits per heavy atom. The molecular weight excluding hydrogens is 268 g/mol. The van der Waals surface area contributed by atoms with Gasteiger partial charge in [0.05, 0.1) is 5.52 Å². The van der Waals surface area contributed by atoms with Gasteiger partial charge in [-0.05, 0) is 25.5 Å². The third-order valence-electron chi connectivity index (χ3n) is 3.59. The number of halogens is 2. The first-order valence-electron chi connectivity index (χ1n) is 6.23. The SMILES string of the molecule is CC1(Cn2c(N)nc3c(F)cc(F)cc32)CCCS1. The molecule has 1 aromatic carbocycles. The maximum absolute atomic E-state index is 13.7. The van der Waals surface area contributed by atoms with Gasteiger partial charge in [-0.1, -0.05) is 0 Å². The van der Waals surface area contributed by atoms with Crippen LogP contribution in [0.1, 0.15) is 19.8 Å². The van der Waals surface area contributed by atoms with Crippen LogP contribution in [-0.2, 0) is 6.54 Å². The third kappa shape index (κ3) is 2.18. The van der Waals surface area contributed by atoms with Crippen LogP contribution >= 0.6 is 11.8 Å². The van der Waals surface area contributed by atoms with Gasteiger partial charge >= 0.3 is 0 Å². The molecule has 0 saturated carbocycles. The number of nitrogens with two attached hydrogens (primary N) is 1. The average molecular weight is 283 g/mol. The van der Waals surface area contributed by atoms with Crippen molar-refractivity contribution in [1.82, 2.24) is 9.55 Å². The van der Waals surface area contributed by atoms with E-state index in [2.05, 4.69) is 11.9 Å². The van der Waals surface area contributed by atoms with E-state index in [-0.39, 0.29) is 16.2 Å². The summed E-state index contributed by atoms with van der Waals surface area (Å²) in [6.45, 7) is 2.79. The lowest BCUT2D eigenvalue weighted by Gasteiger charge is -2.24. The Kier molecular flexibility index (Phi) is 2.92. The quantitative estimate of drug-likeness (QED) is 0.920. The number of hydrogen-bond acceptors (Lipinski definition) is 3. The van der Waals surface area contributed by atoms with Crippen molar-refractivity contribution in [1.29, 1.82) is 0 Å². The summed E-state index contributed by atoms with van der Waals surface area (Å²) in [5.74, 6) is 0.0967. The fourth-order valence-corrected chi connectivity index (χ4v) is 3.92. The van der Waals surface area contributed by atoms with Gasteiger partial charge in [-0.15, -0.1) is 0 Å². The monoisotopic (exact) mass is 283 g/mol. The first-order chi connectivity index (χ1) is 8.98. The van der Waals surface area contributed by atoms with Gasteiger partial charge in [-0.2, -0.15) is 11.8 Å². The van der Waals surface area contributed by atoms with Crippen molar-refractivity contribution >= 4 is 28.7 Å². The Morgan fingerprint density at radius 3 is 2.95 bits per heavy atom. The minimum atomic E-state index is -0.662. The number of aromatic nitrogens is 2. The molecule has 0 spiro atoms. The summed E-state index contributed by atoms with van der Waals surface area (Å²) in [5, 5.41) is 0. The molecule has 0 aliphatic carbocycles. The number of thioether (sulfide) groups is 1. The Bertz CT molecular complexity index is 632. The van der Waals surface area contributed by atoms with Crippen LogP contribution in [0.3, 0.4) is 0 Å². The molecular formula is C13H15F2N3S. The van der Waals surface area contributed by atoms with E-state index in [1.54, 1.807) is 4.57 Å². The second kappa shape index (κ2) is 4.37. The van der Waals surface area contributed by atoms with Gasteiger partial charge in [0.15, 0.2) is 5.82 Å². The summed E-state index contributed by atoms with van der Waals surface area (Å²) in [4.78, 5) is 4.02. The molecule has 0 radical (unpaired) electrons. The van der Waals surface area contributed by atoms with E-state index in [9.17, 15) is 8.78 Å². The first kappa shape index (κ1) is 12.7. The minimum absolute atomic E-state index is 0.0601. The fourth-order valence-electron chi connectivity index (χ4n) is 2.63. The lowest BCUT2D eigenvalue weighted by Crippen LogP contribution is -2.24. The highest BCUT2D eigenvalue weighted by Crippen LogP contribution is 2.40. The summed E-state index contributed by atoms with van der Waals surface area (Å²) in [5.41, 5.74) is 6.44. The van der Waals surface area contributed by atoms with Gasteiger partial charge in [0.2, 0.25) is 5.95 Å². The van der Waals surface area contributed by atoms with Crippen LogP contribution in [-0.4, -0.2) is 20.1 Å². The molecule has 1 unspecified atom stereocenters. The third-order valence-corrected chi connectivity index (χ3v) is 5.12. The summed E-state index contributed by atoms with van der Waals surface area (Å²) >= 11 is 1.88. The van der Waals surface area contributed by atoms with E-state index in [0.717, 1.165) is 24.7 Å². The van der Waals surface area contributed by atoms with Crippen molar-refractivity contribution in [2.75, 3.05) is 11.5 Å². The molecule has 6 heteroatoms. The molecule has 1 aromatic heterocycles. The number of benzene rings is 1. The lowest BCUT2D eigenvalue weighted by atomic mass is 10.1. The molecule has 1 fully saturated rings. The highest BCUT2D eigenvalue weighted by atomic mass is 32.2. The van der Waals surface area contributed by atoms with Gasteiger partial charge in [-0.3, -0.25) is 0 Å². The van der Waals surface area contributed by atoms with E-state index in [1.165, 1.54) is 6.07 Å². The molecule has 102 valence electrons. The molecule has 19 heavy (non-hydrogen) atoms. The zero-order chi connectivity index (χ0) is 13.6. The number of rotatable bonds is 2. The Hall–Kier alpha value is -1.30. The van der Waals surface area contributed by atoms with Crippen molar-refractivity contribution < 1.29 is 8.78 Å². The van der Waals surface area contributed by atoms with E-state index < -0.39 is 11.6 Å². The lowest BCUT2D eigenvalue weighted by molar-refractivity contribution is 0.521. The van der Waals surface area contributed by atoms with Gasteiger partial charge < -0.3 is 10.3 Å². The number of nitrogen functional groups attached to an aromatic ring is 1. The molecule has 3 nitrogen and oxygen atoms in total. The van der Waals surface area contributed by atoms with Gasteiger partial charge in [-0.25, -0.2) is 13.8 Å². The van der Waals surface area contributed by atoms with E-state index in [0.29, 0.717) is 12.1 Å². The molecule has 0 amide bonds. The summed E-state index contributed by atoms with van der Waals surface area (Å²) in [7, 11) is 0. The molecule has 2 heterocycles. The molecule has 1 saturated heterocycles. The molecule has 1 aliphatic rings. The zero-order valence-corrected chi connectivity index (χ0v) is 11.4. The van der Waals surface area contributed by atoms with Crippen molar-refractivity contribution in [2.24, 2.45) is 0 Å². The van der Waals surface area contributed by atoms with E-state index >= 15 is 0 Å². The predicted molar refractivity (Wildman–Crippen MR) is 74.2 cm³/mol. The molecule has 1 atom stereocenters. The van der Waals surface area contributed by atoms with Crippen LogP contribution in [0.5, 0.6) is 0 Å². The van der Waals surface area contributed by atoms with Crippen LogP contribution in [0, 0.1) is 11.6 Å². The highest BCUT2D eigenvalue weighted by molar-refractivity contribution is 8.00. The second-order valence-electron chi connectivity index (χ2n) is 5.21. The summed E-state index contributed by atoms with van der Waals surface area (Å²) < 4.78 is 28.8. The van der Waals surface area contributed by atoms with Gasteiger partial charge in [0.25, 0.3) is 0 Å². The number of hydrogen-bond donors (Lipinski definition) is 1. The Labute approximate surface area is 114 Å². The van der Waals surface area contributed by atoms with Crippen LogP contribution in [0.25, 0.3) is 11.0 Å².